The molecule has 1 amide bonds. The summed E-state index contributed by atoms with van der Waals surface area (Å²) in [5.74, 6) is -0.0474. The highest BCUT2D eigenvalue weighted by atomic mass is 32.2. The normalized spacial score (nSPS) is 15.7. The van der Waals surface area contributed by atoms with E-state index in [1.54, 1.807) is 48.5 Å². The molecular formula is C24H24N2O4S. The molecule has 0 fully saturated rings. The van der Waals surface area contributed by atoms with Crippen LogP contribution in [0.4, 0.5) is 11.4 Å². The lowest BCUT2D eigenvalue weighted by molar-refractivity contribution is -0.122. The summed E-state index contributed by atoms with van der Waals surface area (Å²) in [6, 6.07) is 21.0. The number of aryl methyl sites for hydroxylation is 2. The summed E-state index contributed by atoms with van der Waals surface area (Å²) in [6.07, 6.45) is -0.0799. The Kier molecular flexibility index (Phi) is 5.69. The largest absolute Gasteiger partial charge is 0.476 e. The smallest absolute Gasteiger partial charge is 0.267 e. The SMILES string of the molecule is CCc1ccc(NC(=O)C2CN(S(=O)(=O)c3ccc(C)cc3)c3ccccc3O2)cc1. The van der Waals surface area contributed by atoms with E-state index in [1.807, 2.05) is 31.2 Å². The van der Waals surface area contributed by atoms with Crippen molar-refractivity contribution in [2.75, 3.05) is 16.2 Å². The molecule has 1 aliphatic rings. The molecule has 160 valence electrons. The Balaban J connectivity index is 1.63. The monoisotopic (exact) mass is 436 g/mol. The van der Waals surface area contributed by atoms with E-state index in [0.717, 1.165) is 17.5 Å². The van der Waals surface area contributed by atoms with Crippen molar-refractivity contribution in [1.82, 2.24) is 0 Å². The number of para-hydroxylation sites is 2. The molecule has 3 aromatic rings. The van der Waals surface area contributed by atoms with Crippen molar-refractivity contribution in [2.24, 2.45) is 0 Å². The van der Waals surface area contributed by atoms with Gasteiger partial charge in [0.2, 0.25) is 0 Å². The first-order valence-corrected chi connectivity index (χ1v) is 11.6. The van der Waals surface area contributed by atoms with E-state index in [2.05, 4.69) is 12.2 Å². The molecule has 0 aliphatic carbocycles. The predicted molar refractivity (Wildman–Crippen MR) is 121 cm³/mol. The van der Waals surface area contributed by atoms with Gasteiger partial charge in [-0.1, -0.05) is 48.9 Å². The Labute approximate surface area is 182 Å². The second kappa shape index (κ2) is 8.43. The summed E-state index contributed by atoms with van der Waals surface area (Å²) in [5.41, 5.74) is 3.18. The molecule has 0 bridgehead atoms. The van der Waals surface area contributed by atoms with Crippen molar-refractivity contribution in [1.29, 1.82) is 0 Å². The highest BCUT2D eigenvalue weighted by Gasteiger charge is 2.37. The van der Waals surface area contributed by atoms with E-state index in [4.69, 9.17) is 4.74 Å². The van der Waals surface area contributed by atoms with Gasteiger partial charge in [0.1, 0.15) is 5.75 Å². The van der Waals surface area contributed by atoms with Crippen LogP contribution < -0.4 is 14.4 Å². The van der Waals surface area contributed by atoms with E-state index in [0.29, 0.717) is 17.1 Å². The average Bonchev–Trinajstić information content (AvgIpc) is 2.79. The summed E-state index contributed by atoms with van der Waals surface area (Å²) in [7, 11) is -3.87. The lowest BCUT2D eigenvalue weighted by Crippen LogP contribution is -2.48. The number of ether oxygens (including phenoxy) is 1. The van der Waals surface area contributed by atoms with Gasteiger partial charge in [-0.3, -0.25) is 9.10 Å². The quantitative estimate of drug-likeness (QED) is 0.652. The summed E-state index contributed by atoms with van der Waals surface area (Å²) in [5, 5.41) is 2.83. The zero-order valence-corrected chi connectivity index (χ0v) is 18.2. The molecule has 1 N–H and O–H groups in total. The Morgan fingerprint density at radius 2 is 1.71 bits per heavy atom. The molecule has 7 heteroatoms. The third-order valence-electron chi connectivity index (χ3n) is 5.27. The Morgan fingerprint density at radius 1 is 1.03 bits per heavy atom. The van der Waals surface area contributed by atoms with Crippen molar-refractivity contribution in [3.63, 3.8) is 0 Å². The Bertz CT molecular complexity index is 1190. The van der Waals surface area contributed by atoms with Crippen LogP contribution in [0.25, 0.3) is 0 Å². The van der Waals surface area contributed by atoms with Gasteiger partial charge < -0.3 is 10.1 Å². The van der Waals surface area contributed by atoms with Gasteiger partial charge >= 0.3 is 0 Å². The van der Waals surface area contributed by atoms with Gasteiger partial charge in [-0.25, -0.2) is 8.42 Å². The first-order chi connectivity index (χ1) is 14.9. The number of carbonyl (C=O) groups excluding carboxylic acids is 1. The number of hydrogen-bond donors (Lipinski definition) is 1. The molecule has 1 heterocycles. The average molecular weight is 437 g/mol. The third-order valence-corrected chi connectivity index (χ3v) is 7.06. The van der Waals surface area contributed by atoms with Crippen LogP contribution in [0.5, 0.6) is 5.75 Å². The minimum absolute atomic E-state index is 0.119. The van der Waals surface area contributed by atoms with Crippen LogP contribution in [0.1, 0.15) is 18.1 Å². The highest BCUT2D eigenvalue weighted by molar-refractivity contribution is 7.92. The van der Waals surface area contributed by atoms with E-state index in [-0.39, 0.29) is 11.4 Å². The predicted octanol–water partition coefficient (Wildman–Crippen LogP) is 4.15. The highest BCUT2D eigenvalue weighted by Crippen LogP contribution is 2.37. The van der Waals surface area contributed by atoms with Crippen LogP contribution in [0.2, 0.25) is 0 Å². The fourth-order valence-corrected chi connectivity index (χ4v) is 4.93. The lowest BCUT2D eigenvalue weighted by Gasteiger charge is -2.34. The van der Waals surface area contributed by atoms with Crippen molar-refractivity contribution in [3.05, 3.63) is 83.9 Å². The molecule has 1 unspecified atom stereocenters. The standard InChI is InChI=1S/C24H24N2O4S/c1-3-18-10-12-19(13-11-18)25-24(27)23-16-26(21-6-4-5-7-22(21)30-23)31(28,29)20-14-8-17(2)9-15-20/h4-15,23H,3,16H2,1-2H3,(H,25,27). The number of carbonyl (C=O) groups is 1. The van der Waals surface area contributed by atoms with Crippen molar-refractivity contribution >= 4 is 27.3 Å². The van der Waals surface area contributed by atoms with Crippen LogP contribution in [0.3, 0.4) is 0 Å². The molecule has 6 nitrogen and oxygen atoms in total. The van der Waals surface area contributed by atoms with Gasteiger partial charge in [-0.15, -0.1) is 0 Å². The lowest BCUT2D eigenvalue weighted by atomic mass is 10.1. The maximum Gasteiger partial charge on any atom is 0.267 e. The van der Waals surface area contributed by atoms with Crippen LogP contribution in [0.15, 0.2) is 77.7 Å². The van der Waals surface area contributed by atoms with E-state index < -0.39 is 22.0 Å². The summed E-state index contributed by atoms with van der Waals surface area (Å²) < 4.78 is 33.9. The molecule has 31 heavy (non-hydrogen) atoms. The number of rotatable bonds is 5. The molecular weight excluding hydrogens is 412 g/mol. The second-order valence-corrected chi connectivity index (χ2v) is 9.33. The number of nitrogens with one attached hydrogen (secondary N) is 1. The number of sulfonamides is 1. The number of nitrogens with zero attached hydrogens (tertiary/aromatic N) is 1. The van der Waals surface area contributed by atoms with Gasteiger partial charge in [-0.2, -0.15) is 0 Å². The number of fused-ring (bicyclic) bond motifs is 1. The Morgan fingerprint density at radius 3 is 2.39 bits per heavy atom. The molecule has 0 aromatic heterocycles. The van der Waals surface area contributed by atoms with Crippen molar-refractivity contribution in [2.45, 2.75) is 31.3 Å². The van der Waals surface area contributed by atoms with E-state index in [1.165, 1.54) is 4.31 Å². The number of anilines is 2. The van der Waals surface area contributed by atoms with E-state index in [9.17, 15) is 13.2 Å². The molecule has 3 aromatic carbocycles. The molecule has 0 saturated carbocycles. The summed E-state index contributed by atoms with van der Waals surface area (Å²) >= 11 is 0. The first-order valence-electron chi connectivity index (χ1n) is 10.1. The third kappa shape index (κ3) is 4.27. The molecule has 1 atom stereocenters. The zero-order valence-electron chi connectivity index (χ0n) is 17.4. The van der Waals surface area contributed by atoms with E-state index >= 15 is 0 Å². The number of hydrogen-bond acceptors (Lipinski definition) is 4. The number of benzene rings is 3. The van der Waals surface area contributed by atoms with Crippen LogP contribution in [-0.4, -0.2) is 27.0 Å². The molecule has 0 saturated heterocycles. The van der Waals surface area contributed by atoms with Crippen LogP contribution in [-0.2, 0) is 21.2 Å². The van der Waals surface area contributed by atoms with Gasteiger partial charge in [0, 0.05) is 5.69 Å². The minimum atomic E-state index is -3.87. The molecule has 4 rings (SSSR count). The fraction of sp³-hybridized carbons (Fsp3) is 0.208. The summed E-state index contributed by atoms with van der Waals surface area (Å²) in [4.78, 5) is 13.1. The second-order valence-electron chi connectivity index (χ2n) is 7.46. The van der Waals surface area contributed by atoms with Gasteiger partial charge in [0.15, 0.2) is 6.10 Å². The minimum Gasteiger partial charge on any atom is -0.476 e. The maximum atomic E-state index is 13.4. The van der Waals surface area contributed by atoms with Gasteiger partial charge in [0.05, 0.1) is 17.1 Å². The molecule has 0 spiro atoms. The fourth-order valence-electron chi connectivity index (χ4n) is 3.45. The topological polar surface area (TPSA) is 75.7 Å². The summed E-state index contributed by atoms with van der Waals surface area (Å²) in [6.45, 7) is 3.84. The Hall–Kier alpha value is -3.32. The zero-order chi connectivity index (χ0) is 22.0. The van der Waals surface area contributed by atoms with Gasteiger partial charge in [0.25, 0.3) is 15.9 Å². The number of amides is 1. The van der Waals surface area contributed by atoms with Crippen LogP contribution in [0, 0.1) is 6.92 Å². The van der Waals surface area contributed by atoms with Crippen molar-refractivity contribution < 1.29 is 17.9 Å². The van der Waals surface area contributed by atoms with Crippen molar-refractivity contribution in [3.8, 4) is 5.75 Å². The first kappa shape index (κ1) is 20.9. The van der Waals surface area contributed by atoms with Gasteiger partial charge in [-0.05, 0) is 55.3 Å². The molecule has 0 radical (unpaired) electrons. The van der Waals surface area contributed by atoms with Crippen LogP contribution >= 0.6 is 0 Å². The maximum absolute atomic E-state index is 13.4. The molecule has 1 aliphatic heterocycles.